The van der Waals surface area contributed by atoms with Crippen molar-refractivity contribution in [1.29, 1.82) is 0 Å². The smallest absolute Gasteiger partial charge is 0.330 e. The maximum absolute atomic E-state index is 11.7. The topological polar surface area (TPSA) is 82.3 Å². The summed E-state index contributed by atoms with van der Waals surface area (Å²) in [5.74, 6) is -0.399. The quantitative estimate of drug-likeness (QED) is 0.679. The summed E-state index contributed by atoms with van der Waals surface area (Å²) >= 11 is 0. The van der Waals surface area contributed by atoms with Crippen LogP contribution in [0.4, 0.5) is 0 Å². The van der Waals surface area contributed by atoms with Crippen LogP contribution in [0, 0.1) is 0 Å². The van der Waals surface area contributed by atoms with E-state index in [1.165, 1.54) is 24.8 Å². The van der Waals surface area contributed by atoms with Gasteiger partial charge in [0.15, 0.2) is 0 Å². The molecule has 0 aliphatic carbocycles. The van der Waals surface area contributed by atoms with E-state index in [-0.39, 0.29) is 12.1 Å². The number of rotatable bonds is 4. The van der Waals surface area contributed by atoms with E-state index in [0.717, 1.165) is 4.57 Å². The molecule has 0 fully saturated rings. The second kappa shape index (κ2) is 5.63. The van der Waals surface area contributed by atoms with Crippen molar-refractivity contribution in [3.05, 3.63) is 32.6 Å². The van der Waals surface area contributed by atoms with Gasteiger partial charge in [0.25, 0.3) is 5.56 Å². The number of hydrogen-bond acceptors (Lipinski definition) is 5. The average molecular weight is 255 g/mol. The zero-order chi connectivity index (χ0) is 13.9. The van der Waals surface area contributed by atoms with Gasteiger partial charge in [-0.2, -0.15) is 0 Å². The fraction of sp³-hybridized carbons (Fsp3) is 0.545. The van der Waals surface area contributed by atoms with E-state index in [0.29, 0.717) is 5.69 Å². The number of methoxy groups -OCH3 is 1. The van der Waals surface area contributed by atoms with Gasteiger partial charge in [0.1, 0.15) is 6.04 Å². The molecule has 1 rings (SSSR count). The molecule has 0 radical (unpaired) electrons. The summed E-state index contributed by atoms with van der Waals surface area (Å²) in [6.45, 7) is 1.88. The van der Waals surface area contributed by atoms with Crippen LogP contribution in [-0.2, 0) is 30.2 Å². The van der Waals surface area contributed by atoms with Gasteiger partial charge in [-0.05, 0) is 6.92 Å². The van der Waals surface area contributed by atoms with E-state index < -0.39 is 17.7 Å². The third kappa shape index (κ3) is 2.86. The van der Waals surface area contributed by atoms with E-state index in [9.17, 15) is 14.4 Å². The second-order valence-corrected chi connectivity index (χ2v) is 4.00. The lowest BCUT2D eigenvalue weighted by Gasteiger charge is -2.13. The Morgan fingerprint density at radius 1 is 1.39 bits per heavy atom. The van der Waals surface area contributed by atoms with Gasteiger partial charge in [-0.3, -0.25) is 24.0 Å². The van der Waals surface area contributed by atoms with Gasteiger partial charge in [-0.1, -0.05) is 0 Å². The summed E-state index contributed by atoms with van der Waals surface area (Å²) < 4.78 is 6.94. The van der Waals surface area contributed by atoms with Crippen LogP contribution in [0.25, 0.3) is 0 Å². The van der Waals surface area contributed by atoms with Gasteiger partial charge < -0.3 is 4.74 Å². The van der Waals surface area contributed by atoms with Crippen molar-refractivity contribution < 1.29 is 9.53 Å². The molecule has 0 bridgehead atoms. The normalized spacial score (nSPS) is 12.2. The number of carbonyl (C=O) groups excluding carboxylic acids is 1. The van der Waals surface area contributed by atoms with Gasteiger partial charge in [0.05, 0.1) is 7.11 Å². The van der Waals surface area contributed by atoms with Crippen molar-refractivity contribution in [3.63, 3.8) is 0 Å². The molecule has 7 nitrogen and oxygen atoms in total. The minimum absolute atomic E-state index is 0.234. The first-order valence-electron chi connectivity index (χ1n) is 5.45. The van der Waals surface area contributed by atoms with E-state index in [1.807, 2.05) is 0 Å². The van der Waals surface area contributed by atoms with E-state index in [2.05, 4.69) is 10.1 Å². The molecule has 0 saturated heterocycles. The van der Waals surface area contributed by atoms with Crippen molar-refractivity contribution in [1.82, 2.24) is 14.5 Å². The predicted octanol–water partition coefficient (Wildman–Crippen LogP) is -1.26. The highest BCUT2D eigenvalue weighted by atomic mass is 16.5. The van der Waals surface area contributed by atoms with Gasteiger partial charge >= 0.3 is 11.7 Å². The van der Waals surface area contributed by atoms with Crippen LogP contribution >= 0.6 is 0 Å². The highest BCUT2D eigenvalue weighted by Gasteiger charge is 2.13. The Hall–Kier alpha value is -1.89. The highest BCUT2D eigenvalue weighted by molar-refractivity contribution is 5.75. The molecule has 7 heteroatoms. The van der Waals surface area contributed by atoms with Gasteiger partial charge in [-0.25, -0.2) is 4.79 Å². The summed E-state index contributed by atoms with van der Waals surface area (Å²) in [5.41, 5.74) is -0.260. The number of carbonyl (C=O) groups is 1. The fourth-order valence-electron chi connectivity index (χ4n) is 1.47. The van der Waals surface area contributed by atoms with Crippen LogP contribution in [0.1, 0.15) is 12.6 Å². The number of hydrogen-bond donors (Lipinski definition) is 1. The molecular formula is C11H17N3O4. The molecule has 1 atom stereocenters. The monoisotopic (exact) mass is 255 g/mol. The Bertz CT molecular complexity index is 558. The molecule has 18 heavy (non-hydrogen) atoms. The lowest BCUT2D eigenvalue weighted by Crippen LogP contribution is -2.41. The lowest BCUT2D eigenvalue weighted by atomic mass is 10.3. The Balaban J connectivity index is 2.90. The van der Waals surface area contributed by atoms with E-state index in [4.69, 9.17) is 0 Å². The first kappa shape index (κ1) is 14.2. The third-order valence-electron chi connectivity index (χ3n) is 2.77. The molecule has 0 saturated carbocycles. The number of nitrogens with zero attached hydrogens (tertiary/aromatic N) is 2. The molecular weight excluding hydrogens is 238 g/mol. The fourth-order valence-corrected chi connectivity index (χ4v) is 1.47. The van der Waals surface area contributed by atoms with Crippen molar-refractivity contribution in [2.45, 2.75) is 19.5 Å². The minimum atomic E-state index is -0.505. The summed E-state index contributed by atoms with van der Waals surface area (Å²) in [4.78, 5) is 34.3. The molecule has 0 aliphatic heterocycles. The largest absolute Gasteiger partial charge is 0.468 e. The Labute approximate surface area is 104 Å². The Kier molecular flexibility index (Phi) is 4.43. The Morgan fingerprint density at radius 3 is 2.56 bits per heavy atom. The van der Waals surface area contributed by atoms with Crippen LogP contribution < -0.4 is 16.6 Å². The van der Waals surface area contributed by atoms with Gasteiger partial charge in [-0.15, -0.1) is 0 Å². The van der Waals surface area contributed by atoms with Crippen molar-refractivity contribution in [2.24, 2.45) is 14.1 Å². The molecule has 100 valence electrons. The molecule has 1 N–H and O–H groups in total. The summed E-state index contributed by atoms with van der Waals surface area (Å²) in [6.07, 6.45) is 0. The van der Waals surface area contributed by atoms with E-state index >= 15 is 0 Å². The highest BCUT2D eigenvalue weighted by Crippen LogP contribution is 1.93. The molecule has 0 amide bonds. The second-order valence-electron chi connectivity index (χ2n) is 4.00. The Morgan fingerprint density at radius 2 is 2.00 bits per heavy atom. The maximum atomic E-state index is 11.7. The zero-order valence-corrected chi connectivity index (χ0v) is 10.9. The van der Waals surface area contributed by atoms with Gasteiger partial charge in [0, 0.05) is 32.4 Å². The van der Waals surface area contributed by atoms with Crippen LogP contribution in [0.15, 0.2) is 15.7 Å². The molecule has 1 aromatic rings. The van der Waals surface area contributed by atoms with Crippen molar-refractivity contribution in [2.75, 3.05) is 7.11 Å². The molecule has 1 heterocycles. The van der Waals surface area contributed by atoms with Crippen LogP contribution in [0.3, 0.4) is 0 Å². The molecule has 1 unspecified atom stereocenters. The average Bonchev–Trinajstić information content (AvgIpc) is 2.37. The number of nitrogens with one attached hydrogen (secondary N) is 1. The van der Waals surface area contributed by atoms with Crippen LogP contribution in [0.2, 0.25) is 0 Å². The first-order chi connectivity index (χ1) is 8.38. The molecule has 0 aliphatic rings. The molecule has 0 aromatic carbocycles. The van der Waals surface area contributed by atoms with Crippen molar-refractivity contribution in [3.8, 4) is 0 Å². The number of aromatic nitrogens is 2. The predicted molar refractivity (Wildman–Crippen MR) is 65.2 cm³/mol. The number of esters is 1. The van der Waals surface area contributed by atoms with Gasteiger partial charge in [0.2, 0.25) is 0 Å². The summed E-state index contributed by atoms with van der Waals surface area (Å²) in [5, 5.41) is 2.88. The maximum Gasteiger partial charge on any atom is 0.330 e. The van der Waals surface area contributed by atoms with Crippen LogP contribution in [0.5, 0.6) is 0 Å². The third-order valence-corrected chi connectivity index (χ3v) is 2.77. The zero-order valence-electron chi connectivity index (χ0n) is 10.9. The molecule has 0 spiro atoms. The minimum Gasteiger partial charge on any atom is -0.468 e. The van der Waals surface area contributed by atoms with E-state index in [1.54, 1.807) is 14.0 Å². The number of ether oxygens (including phenoxy) is 1. The van der Waals surface area contributed by atoms with Crippen molar-refractivity contribution >= 4 is 5.97 Å². The summed E-state index contributed by atoms with van der Waals surface area (Å²) in [6, 6.07) is 0.854. The van der Waals surface area contributed by atoms with Crippen LogP contribution in [-0.4, -0.2) is 28.3 Å². The summed E-state index contributed by atoms with van der Waals surface area (Å²) in [7, 11) is 4.29. The lowest BCUT2D eigenvalue weighted by molar-refractivity contribution is -0.142. The SMILES string of the molecule is COC(=O)C(C)NCc1cc(=O)n(C)c(=O)n1C. The first-order valence-corrected chi connectivity index (χ1v) is 5.45. The standard InChI is InChI=1S/C11H17N3O4/c1-7(10(16)18-4)12-6-8-5-9(15)14(3)11(17)13(8)2/h5,7,12H,6H2,1-4H3. The molecule has 1 aromatic heterocycles.